The summed E-state index contributed by atoms with van der Waals surface area (Å²) in [7, 11) is 1.52. The van der Waals surface area contributed by atoms with E-state index in [1.807, 2.05) is 6.92 Å². The van der Waals surface area contributed by atoms with Gasteiger partial charge in [0.15, 0.2) is 11.5 Å². The van der Waals surface area contributed by atoms with Gasteiger partial charge in [-0.05, 0) is 54.6 Å². The molecule has 1 aliphatic rings. The number of imide groups is 1. The van der Waals surface area contributed by atoms with Gasteiger partial charge < -0.3 is 9.47 Å². The van der Waals surface area contributed by atoms with Crippen LogP contribution in [0.5, 0.6) is 11.5 Å². The van der Waals surface area contributed by atoms with Crippen LogP contribution in [0.25, 0.3) is 6.08 Å². The van der Waals surface area contributed by atoms with Gasteiger partial charge in [0.2, 0.25) is 0 Å². The lowest BCUT2D eigenvalue weighted by Gasteiger charge is -2.14. The zero-order valence-corrected chi connectivity index (χ0v) is 18.7. The molecule has 1 saturated heterocycles. The number of hydrogen-bond donors (Lipinski definition) is 0. The van der Waals surface area contributed by atoms with E-state index < -0.39 is 17.0 Å². The van der Waals surface area contributed by atoms with Gasteiger partial charge in [-0.3, -0.25) is 14.5 Å². The van der Waals surface area contributed by atoms with E-state index in [0.29, 0.717) is 28.1 Å². The van der Waals surface area contributed by atoms with Crippen LogP contribution in [-0.4, -0.2) is 29.8 Å². The third-order valence-electron chi connectivity index (χ3n) is 4.12. The van der Waals surface area contributed by atoms with Gasteiger partial charge in [0.05, 0.1) is 25.2 Å². The lowest BCUT2D eigenvalue weighted by atomic mass is 10.1. The second kappa shape index (κ2) is 9.19. The highest BCUT2D eigenvalue weighted by Gasteiger charge is 2.36. The van der Waals surface area contributed by atoms with Crippen molar-refractivity contribution in [1.82, 2.24) is 4.90 Å². The highest BCUT2D eigenvalue weighted by molar-refractivity contribution is 9.10. The summed E-state index contributed by atoms with van der Waals surface area (Å²) < 4.78 is 25.6. The molecule has 0 atom stereocenters. The Morgan fingerprint density at radius 2 is 2.03 bits per heavy atom. The van der Waals surface area contributed by atoms with Crippen LogP contribution in [0.4, 0.5) is 9.18 Å². The van der Waals surface area contributed by atoms with E-state index in [9.17, 15) is 14.0 Å². The molecule has 1 heterocycles. The molecule has 9 heteroatoms. The molecule has 0 aliphatic carbocycles. The van der Waals surface area contributed by atoms with E-state index >= 15 is 0 Å². The number of ether oxygens (including phenoxy) is 2. The molecule has 29 heavy (non-hydrogen) atoms. The largest absolute Gasteiger partial charge is 0.493 e. The molecule has 0 saturated carbocycles. The zero-order chi connectivity index (χ0) is 21.1. The Bertz CT molecular complexity index is 994. The number of carbonyl (C=O) groups excluding carboxylic acids is 2. The molecule has 0 N–H and O–H groups in total. The predicted molar refractivity (Wildman–Crippen MR) is 115 cm³/mol. The van der Waals surface area contributed by atoms with E-state index in [1.165, 1.54) is 25.3 Å². The van der Waals surface area contributed by atoms with Crippen molar-refractivity contribution < 1.29 is 23.5 Å². The van der Waals surface area contributed by atoms with Crippen LogP contribution in [0, 0.1) is 5.82 Å². The first-order valence-electron chi connectivity index (χ1n) is 8.54. The number of hydrogen-bond acceptors (Lipinski definition) is 5. The Balaban J connectivity index is 1.90. The Morgan fingerprint density at radius 3 is 2.69 bits per heavy atom. The average Bonchev–Trinajstić information content (AvgIpc) is 2.94. The standard InChI is InChI=1S/C20H16BrClFNO4S/c1-3-28-17-9-13(21)11(7-16(17)27-2)8-18-19(25)24(20(26)29-18)10-12-14(22)5-4-6-15(12)23/h4-9H,3,10H2,1-2H3/b18-8-. The Hall–Kier alpha value is -2.03. The molecule has 1 fully saturated rings. The van der Waals surface area contributed by atoms with Gasteiger partial charge >= 0.3 is 0 Å². The van der Waals surface area contributed by atoms with E-state index in [2.05, 4.69) is 15.9 Å². The normalized spacial score (nSPS) is 15.3. The third-order valence-corrected chi connectivity index (χ3v) is 6.07. The summed E-state index contributed by atoms with van der Waals surface area (Å²) in [5.41, 5.74) is 0.737. The Morgan fingerprint density at radius 1 is 1.28 bits per heavy atom. The van der Waals surface area contributed by atoms with Crippen LogP contribution in [0.3, 0.4) is 0 Å². The minimum Gasteiger partial charge on any atom is -0.493 e. The second-order valence-corrected chi connectivity index (χ2v) is 8.18. The maximum absolute atomic E-state index is 14.1. The third kappa shape index (κ3) is 4.60. The molecule has 0 radical (unpaired) electrons. The van der Waals surface area contributed by atoms with E-state index in [1.54, 1.807) is 18.2 Å². The fraction of sp³-hybridized carbons (Fsp3) is 0.200. The molecule has 152 valence electrons. The maximum Gasteiger partial charge on any atom is 0.293 e. The number of thioether (sulfide) groups is 1. The van der Waals surface area contributed by atoms with Crippen molar-refractivity contribution in [2.24, 2.45) is 0 Å². The fourth-order valence-corrected chi connectivity index (χ4v) is 4.20. The highest BCUT2D eigenvalue weighted by atomic mass is 79.9. The summed E-state index contributed by atoms with van der Waals surface area (Å²) in [5, 5.41) is -0.332. The van der Waals surface area contributed by atoms with Crippen molar-refractivity contribution in [2.45, 2.75) is 13.5 Å². The molecule has 0 aromatic heterocycles. The number of amides is 2. The Labute approximate surface area is 184 Å². The molecule has 5 nitrogen and oxygen atoms in total. The first-order chi connectivity index (χ1) is 13.8. The molecule has 2 amide bonds. The smallest absolute Gasteiger partial charge is 0.293 e. The zero-order valence-electron chi connectivity index (χ0n) is 15.5. The van der Waals surface area contributed by atoms with Crippen molar-refractivity contribution in [3.05, 3.63) is 61.7 Å². The van der Waals surface area contributed by atoms with Crippen LogP contribution in [0.1, 0.15) is 18.1 Å². The van der Waals surface area contributed by atoms with Crippen LogP contribution in [0.2, 0.25) is 5.02 Å². The summed E-state index contributed by atoms with van der Waals surface area (Å²) in [6.45, 7) is 2.10. The molecular weight excluding hydrogens is 485 g/mol. The number of methoxy groups -OCH3 is 1. The second-order valence-electron chi connectivity index (χ2n) is 5.93. The van der Waals surface area contributed by atoms with Gasteiger partial charge in [-0.1, -0.05) is 33.6 Å². The molecule has 2 aromatic carbocycles. The van der Waals surface area contributed by atoms with Crippen LogP contribution in [0.15, 0.2) is 39.7 Å². The highest BCUT2D eigenvalue weighted by Crippen LogP contribution is 2.38. The number of benzene rings is 2. The lowest BCUT2D eigenvalue weighted by Crippen LogP contribution is -2.28. The first-order valence-corrected chi connectivity index (χ1v) is 10.5. The van der Waals surface area contributed by atoms with Crippen molar-refractivity contribution in [3.63, 3.8) is 0 Å². The predicted octanol–water partition coefficient (Wildman–Crippen LogP) is 5.89. The van der Waals surface area contributed by atoms with Gasteiger partial charge in [-0.25, -0.2) is 4.39 Å². The first kappa shape index (κ1) is 21.7. The van der Waals surface area contributed by atoms with Crippen molar-refractivity contribution in [1.29, 1.82) is 0 Å². The maximum atomic E-state index is 14.1. The van der Waals surface area contributed by atoms with Crippen LogP contribution in [-0.2, 0) is 11.3 Å². The monoisotopic (exact) mass is 499 g/mol. The Kier molecular flexibility index (Phi) is 6.87. The minimum absolute atomic E-state index is 0.0987. The van der Waals surface area contributed by atoms with E-state index in [-0.39, 0.29) is 22.0 Å². The molecule has 1 aliphatic heterocycles. The summed E-state index contributed by atoms with van der Waals surface area (Å²) in [6.07, 6.45) is 1.58. The minimum atomic E-state index is -0.570. The number of halogens is 3. The van der Waals surface area contributed by atoms with Crippen molar-refractivity contribution in [2.75, 3.05) is 13.7 Å². The molecular formula is C20H16BrClFNO4S. The molecule has 2 aromatic rings. The SMILES string of the molecule is CCOc1cc(Br)c(/C=C2\SC(=O)N(Cc3c(F)cccc3Cl)C2=O)cc1OC. The van der Waals surface area contributed by atoms with Crippen LogP contribution >= 0.6 is 39.3 Å². The quantitative estimate of drug-likeness (QED) is 0.463. The van der Waals surface area contributed by atoms with Gasteiger partial charge in [0.1, 0.15) is 5.82 Å². The van der Waals surface area contributed by atoms with Gasteiger partial charge in [0.25, 0.3) is 11.1 Å². The van der Waals surface area contributed by atoms with Crippen molar-refractivity contribution in [3.8, 4) is 11.5 Å². The topological polar surface area (TPSA) is 55.8 Å². The molecule has 0 unspecified atom stereocenters. The van der Waals surface area contributed by atoms with Gasteiger partial charge in [-0.15, -0.1) is 0 Å². The lowest BCUT2D eigenvalue weighted by molar-refractivity contribution is -0.123. The average molecular weight is 501 g/mol. The van der Waals surface area contributed by atoms with Gasteiger partial charge in [-0.2, -0.15) is 0 Å². The fourth-order valence-electron chi connectivity index (χ4n) is 2.71. The van der Waals surface area contributed by atoms with E-state index in [4.69, 9.17) is 21.1 Å². The summed E-state index contributed by atoms with van der Waals surface area (Å²) in [4.78, 5) is 26.3. The molecule has 0 bridgehead atoms. The van der Waals surface area contributed by atoms with Crippen LogP contribution < -0.4 is 9.47 Å². The molecule has 0 spiro atoms. The van der Waals surface area contributed by atoms with Gasteiger partial charge in [0, 0.05) is 15.1 Å². The summed E-state index contributed by atoms with van der Waals surface area (Å²) >= 11 is 10.3. The number of rotatable bonds is 6. The molecule has 3 rings (SSSR count). The number of carbonyl (C=O) groups is 2. The van der Waals surface area contributed by atoms with Crippen molar-refractivity contribution >= 4 is 56.5 Å². The summed E-state index contributed by atoms with van der Waals surface area (Å²) in [6, 6.07) is 7.65. The summed E-state index contributed by atoms with van der Waals surface area (Å²) in [5.74, 6) is -0.0291. The van der Waals surface area contributed by atoms with E-state index in [0.717, 1.165) is 16.7 Å². The number of nitrogens with zero attached hydrogens (tertiary/aromatic N) is 1.